The van der Waals surface area contributed by atoms with Crippen LogP contribution in [-0.2, 0) is 0 Å². The molecule has 1 atom stereocenters. The summed E-state index contributed by atoms with van der Waals surface area (Å²) in [5.41, 5.74) is 20.8. The molecule has 2 saturated carbocycles. The summed E-state index contributed by atoms with van der Waals surface area (Å²) >= 11 is 0. The van der Waals surface area contributed by atoms with E-state index in [1.807, 2.05) is 0 Å². The van der Waals surface area contributed by atoms with Crippen LogP contribution in [0, 0.1) is 0 Å². The summed E-state index contributed by atoms with van der Waals surface area (Å²) < 4.78 is 7.51. The SMILES string of the molecule is CC1CC(c2cc(-c3ccc4c(c3)c3cc(C5CC5)ccc3n4-c3ccccc3)cc(-n3c4ccccc4c4ccccc43)c2)=Cc2c1n(-c1ccccc1)c1ccc(C3CC3)cc21. The number of fused-ring (bicyclic) bond motifs is 9. The zero-order chi connectivity index (χ0) is 42.0. The molecule has 0 aliphatic heterocycles. The molecule has 3 aliphatic rings. The number of nitrogens with zero attached hydrogens (tertiary/aromatic N) is 3. The first kappa shape index (κ1) is 36.2. The Morgan fingerprint density at radius 2 is 0.875 bits per heavy atom. The number of aromatic nitrogens is 3. The fourth-order valence-corrected chi connectivity index (χ4v) is 11.4. The fourth-order valence-electron chi connectivity index (χ4n) is 11.4. The molecular weight excluding hydrogens is 775 g/mol. The van der Waals surface area contributed by atoms with Gasteiger partial charge in [-0.25, -0.2) is 0 Å². The Morgan fingerprint density at radius 3 is 1.52 bits per heavy atom. The zero-order valence-electron chi connectivity index (χ0n) is 36.0. The largest absolute Gasteiger partial charge is 0.313 e. The number of benzene rings is 8. The maximum Gasteiger partial charge on any atom is 0.0541 e. The number of para-hydroxylation sites is 4. The van der Waals surface area contributed by atoms with Crippen LogP contribution in [0.15, 0.2) is 182 Å². The highest BCUT2D eigenvalue weighted by molar-refractivity contribution is 6.12. The molecule has 0 spiro atoms. The monoisotopic (exact) mass is 821 g/mol. The van der Waals surface area contributed by atoms with Crippen LogP contribution in [0.2, 0.25) is 0 Å². The molecule has 0 amide bonds. The lowest BCUT2D eigenvalue weighted by molar-refractivity contribution is 0.733. The third-order valence-electron chi connectivity index (χ3n) is 14.8. The Hall–Kier alpha value is -7.36. The Bertz CT molecular complexity index is 3660. The molecule has 3 nitrogen and oxygen atoms in total. The second-order valence-corrected chi connectivity index (χ2v) is 18.9. The maximum atomic E-state index is 2.55. The molecule has 306 valence electrons. The highest BCUT2D eigenvalue weighted by Crippen LogP contribution is 2.48. The van der Waals surface area contributed by atoms with Crippen LogP contribution >= 0.6 is 0 Å². The summed E-state index contributed by atoms with van der Waals surface area (Å²) in [4.78, 5) is 0. The lowest BCUT2D eigenvalue weighted by atomic mass is 9.83. The van der Waals surface area contributed by atoms with Crippen LogP contribution in [0.1, 0.15) is 84.7 Å². The van der Waals surface area contributed by atoms with Crippen molar-refractivity contribution in [1.82, 2.24) is 13.7 Å². The quantitative estimate of drug-likeness (QED) is 0.152. The number of allylic oxidation sites excluding steroid dienone is 1. The van der Waals surface area contributed by atoms with Crippen molar-refractivity contribution in [1.29, 1.82) is 0 Å². The van der Waals surface area contributed by atoms with E-state index in [2.05, 4.69) is 209 Å². The van der Waals surface area contributed by atoms with E-state index in [-0.39, 0.29) is 0 Å². The van der Waals surface area contributed by atoms with Crippen molar-refractivity contribution < 1.29 is 0 Å². The Balaban J connectivity index is 1.02. The van der Waals surface area contributed by atoms with Crippen molar-refractivity contribution in [3.05, 3.63) is 210 Å². The fraction of sp³-hybridized carbons (Fsp3) is 0.148. The molecule has 0 saturated heterocycles. The van der Waals surface area contributed by atoms with Crippen LogP contribution in [-0.4, -0.2) is 13.7 Å². The lowest BCUT2D eigenvalue weighted by Gasteiger charge is -2.24. The first-order valence-corrected chi connectivity index (χ1v) is 23.4. The summed E-state index contributed by atoms with van der Waals surface area (Å²) in [6, 6.07) is 68.8. The van der Waals surface area contributed by atoms with Gasteiger partial charge in [0.2, 0.25) is 0 Å². The lowest BCUT2D eigenvalue weighted by Crippen LogP contribution is -2.09. The van der Waals surface area contributed by atoms with E-state index in [9.17, 15) is 0 Å². The Kier molecular flexibility index (Phi) is 7.81. The first-order chi connectivity index (χ1) is 31.6. The molecule has 1 unspecified atom stereocenters. The van der Waals surface area contributed by atoms with Crippen molar-refractivity contribution >= 4 is 66.2 Å². The topological polar surface area (TPSA) is 14.8 Å². The molecular formula is C61H47N3. The Morgan fingerprint density at radius 1 is 0.375 bits per heavy atom. The van der Waals surface area contributed by atoms with Gasteiger partial charge in [-0.05, 0) is 174 Å². The van der Waals surface area contributed by atoms with Gasteiger partial charge in [-0.1, -0.05) is 97.9 Å². The summed E-state index contributed by atoms with van der Waals surface area (Å²) in [5.74, 6) is 1.68. The van der Waals surface area contributed by atoms with E-state index in [1.165, 1.54) is 142 Å². The van der Waals surface area contributed by atoms with Crippen molar-refractivity contribution in [2.75, 3.05) is 0 Å². The number of rotatable bonds is 7. The Labute approximate surface area is 373 Å². The normalized spacial score (nSPS) is 16.3. The number of hydrogen-bond acceptors (Lipinski definition) is 0. The van der Waals surface area contributed by atoms with Gasteiger partial charge in [-0.2, -0.15) is 0 Å². The molecule has 2 fully saturated rings. The predicted molar refractivity (Wildman–Crippen MR) is 269 cm³/mol. The molecule has 3 heterocycles. The molecule has 11 aromatic rings. The van der Waals surface area contributed by atoms with Crippen LogP contribution in [0.25, 0.3) is 94.4 Å². The third kappa shape index (κ3) is 5.59. The molecule has 0 N–H and O–H groups in total. The second-order valence-electron chi connectivity index (χ2n) is 18.9. The van der Waals surface area contributed by atoms with Gasteiger partial charge < -0.3 is 13.7 Å². The van der Waals surface area contributed by atoms with Gasteiger partial charge >= 0.3 is 0 Å². The molecule has 0 bridgehead atoms. The van der Waals surface area contributed by atoms with Crippen LogP contribution in [0.5, 0.6) is 0 Å². The molecule has 3 heteroatoms. The van der Waals surface area contributed by atoms with Crippen molar-refractivity contribution in [3.8, 4) is 28.2 Å². The van der Waals surface area contributed by atoms with E-state index in [0.29, 0.717) is 17.8 Å². The highest BCUT2D eigenvalue weighted by Gasteiger charge is 2.30. The number of hydrogen-bond donors (Lipinski definition) is 0. The van der Waals surface area contributed by atoms with E-state index >= 15 is 0 Å². The van der Waals surface area contributed by atoms with Crippen molar-refractivity contribution in [2.45, 2.75) is 56.8 Å². The van der Waals surface area contributed by atoms with Gasteiger partial charge in [-0.15, -0.1) is 0 Å². The van der Waals surface area contributed by atoms with Crippen LogP contribution in [0.4, 0.5) is 0 Å². The van der Waals surface area contributed by atoms with Crippen molar-refractivity contribution in [3.63, 3.8) is 0 Å². The van der Waals surface area contributed by atoms with Gasteiger partial charge in [0.05, 0.1) is 27.6 Å². The van der Waals surface area contributed by atoms with Gasteiger partial charge in [0, 0.05) is 61.2 Å². The molecule has 64 heavy (non-hydrogen) atoms. The molecule has 3 aliphatic carbocycles. The van der Waals surface area contributed by atoms with E-state index in [1.54, 1.807) is 0 Å². The third-order valence-corrected chi connectivity index (χ3v) is 14.8. The minimum absolute atomic E-state index is 0.313. The van der Waals surface area contributed by atoms with E-state index in [0.717, 1.165) is 6.42 Å². The minimum Gasteiger partial charge on any atom is -0.313 e. The maximum absolute atomic E-state index is 2.55. The van der Waals surface area contributed by atoms with Gasteiger partial charge in [0.1, 0.15) is 0 Å². The molecule has 3 aromatic heterocycles. The van der Waals surface area contributed by atoms with Gasteiger partial charge in [0.25, 0.3) is 0 Å². The highest BCUT2D eigenvalue weighted by atomic mass is 15.0. The molecule has 0 radical (unpaired) electrons. The predicted octanol–water partition coefficient (Wildman–Crippen LogP) is 16.3. The van der Waals surface area contributed by atoms with Crippen LogP contribution in [0.3, 0.4) is 0 Å². The molecule has 14 rings (SSSR count). The summed E-state index contributed by atoms with van der Waals surface area (Å²) in [6.45, 7) is 2.44. The smallest absolute Gasteiger partial charge is 0.0541 e. The zero-order valence-corrected chi connectivity index (χ0v) is 36.0. The van der Waals surface area contributed by atoms with Gasteiger partial charge in [0.15, 0.2) is 0 Å². The van der Waals surface area contributed by atoms with E-state index < -0.39 is 0 Å². The van der Waals surface area contributed by atoms with E-state index in [4.69, 9.17) is 0 Å². The second kappa shape index (κ2) is 13.8. The standard InChI is InChI=1S/C61H47N3/c1-38-30-44(37-55-54-35-42(40-22-23-40)25-29-60(54)64(61(38)55)48-14-6-3-7-15-48)46-31-45(32-49(33-46)63-56-18-10-8-16-50(56)51-17-9-11-19-57(51)63)43-26-28-59-53(36-43)52-34-41(39-20-21-39)24-27-58(52)62(59)47-12-4-2-5-13-47/h2-19,24-29,31-40H,20-23,30H2,1H3. The average molecular weight is 822 g/mol. The van der Waals surface area contributed by atoms with Gasteiger partial charge in [-0.3, -0.25) is 0 Å². The summed E-state index contributed by atoms with van der Waals surface area (Å²) in [5, 5.41) is 6.57. The molecule has 8 aromatic carbocycles. The summed E-state index contributed by atoms with van der Waals surface area (Å²) in [6.07, 6.45) is 8.67. The minimum atomic E-state index is 0.313. The van der Waals surface area contributed by atoms with Crippen LogP contribution < -0.4 is 0 Å². The summed E-state index contributed by atoms with van der Waals surface area (Å²) in [7, 11) is 0. The average Bonchev–Trinajstić information content (AvgIpc) is 4.29. The first-order valence-electron chi connectivity index (χ1n) is 23.4. The van der Waals surface area contributed by atoms with Crippen molar-refractivity contribution in [2.24, 2.45) is 0 Å².